The smallest absolute Gasteiger partial charge is 0.142 e. The van der Waals surface area contributed by atoms with E-state index in [1.807, 2.05) is 24.4 Å². The highest BCUT2D eigenvalue weighted by Gasteiger charge is 2.20. The lowest BCUT2D eigenvalue weighted by atomic mass is 10.2. The van der Waals surface area contributed by atoms with Crippen LogP contribution in [0.5, 0.6) is 5.75 Å². The average Bonchev–Trinajstić information content (AvgIpc) is 2.62. The van der Waals surface area contributed by atoms with Crippen LogP contribution in [0.4, 0.5) is 11.5 Å². The maximum absolute atomic E-state index is 5.46. The van der Waals surface area contributed by atoms with E-state index in [1.165, 1.54) is 5.69 Å². The van der Waals surface area contributed by atoms with Crippen molar-refractivity contribution in [1.29, 1.82) is 0 Å². The van der Waals surface area contributed by atoms with Crippen LogP contribution in [-0.2, 0) is 0 Å². The Bertz CT molecular complexity index is 631. The van der Waals surface area contributed by atoms with E-state index in [0.29, 0.717) is 0 Å². The molecule has 0 bridgehead atoms. The topological polar surface area (TPSA) is 28.6 Å². The zero-order valence-electron chi connectivity index (χ0n) is 12.9. The largest absolute Gasteiger partial charge is 0.495 e. The van der Waals surface area contributed by atoms with Crippen LogP contribution in [0.1, 0.15) is 5.56 Å². The fourth-order valence-corrected chi connectivity index (χ4v) is 2.77. The van der Waals surface area contributed by atoms with Gasteiger partial charge in [0.1, 0.15) is 11.6 Å². The van der Waals surface area contributed by atoms with Crippen molar-refractivity contribution < 1.29 is 4.74 Å². The van der Waals surface area contributed by atoms with Crippen molar-refractivity contribution in [3.63, 3.8) is 0 Å². The fourth-order valence-electron chi connectivity index (χ4n) is 2.77. The van der Waals surface area contributed by atoms with E-state index in [0.717, 1.165) is 43.3 Å². The van der Waals surface area contributed by atoms with Crippen LogP contribution in [0.3, 0.4) is 0 Å². The van der Waals surface area contributed by atoms with Crippen molar-refractivity contribution in [3.05, 3.63) is 54.7 Å². The van der Waals surface area contributed by atoms with E-state index in [2.05, 4.69) is 45.6 Å². The number of pyridine rings is 1. The predicted molar refractivity (Wildman–Crippen MR) is 91.7 cm³/mol. The summed E-state index contributed by atoms with van der Waals surface area (Å²) < 4.78 is 5.46. The molecule has 0 saturated carbocycles. The minimum Gasteiger partial charge on any atom is -0.495 e. The number of ether oxygens (including phenoxy) is 1. The van der Waals surface area contributed by atoms with Crippen molar-refractivity contribution >= 4 is 17.6 Å². The highest BCUT2D eigenvalue weighted by atomic mass is 16.5. The van der Waals surface area contributed by atoms with E-state index in [-0.39, 0.29) is 0 Å². The number of hydrogen-bond acceptors (Lipinski definition) is 4. The summed E-state index contributed by atoms with van der Waals surface area (Å²) in [5.74, 6) is 1.97. The van der Waals surface area contributed by atoms with Gasteiger partial charge in [0, 0.05) is 32.4 Å². The normalized spacial score (nSPS) is 14.8. The average molecular weight is 295 g/mol. The predicted octanol–water partition coefficient (Wildman–Crippen LogP) is 3.06. The second-order valence-corrected chi connectivity index (χ2v) is 5.30. The molecular weight excluding hydrogens is 274 g/mol. The molecule has 1 fully saturated rings. The standard InChI is InChI=1S/C18H21N3O/c1-3-15-8-9-18(19-14-15)21-12-10-20(11-13-21)16-6-4-5-7-17(16)22-2/h3-9,14H,1,10-13H2,2H3. The molecule has 1 aliphatic rings. The van der Waals surface area contributed by atoms with Crippen LogP contribution in [0.15, 0.2) is 49.2 Å². The number of benzene rings is 1. The molecule has 4 nitrogen and oxygen atoms in total. The molecule has 1 aliphatic heterocycles. The van der Waals surface area contributed by atoms with Gasteiger partial charge in [-0.1, -0.05) is 24.8 Å². The molecule has 114 valence electrons. The first kappa shape index (κ1) is 14.4. The molecule has 3 rings (SSSR count). The van der Waals surface area contributed by atoms with E-state index >= 15 is 0 Å². The quantitative estimate of drug-likeness (QED) is 0.867. The van der Waals surface area contributed by atoms with Gasteiger partial charge in [0.25, 0.3) is 0 Å². The third-order valence-electron chi connectivity index (χ3n) is 4.04. The number of methoxy groups -OCH3 is 1. The van der Waals surface area contributed by atoms with E-state index in [9.17, 15) is 0 Å². The van der Waals surface area contributed by atoms with Gasteiger partial charge in [0.15, 0.2) is 0 Å². The van der Waals surface area contributed by atoms with Gasteiger partial charge in [-0.15, -0.1) is 0 Å². The summed E-state index contributed by atoms with van der Waals surface area (Å²) in [7, 11) is 1.72. The number of nitrogens with zero attached hydrogens (tertiary/aromatic N) is 3. The zero-order chi connectivity index (χ0) is 15.4. The minimum atomic E-state index is 0.935. The van der Waals surface area contributed by atoms with Crippen LogP contribution in [0, 0.1) is 0 Å². The first-order valence-corrected chi connectivity index (χ1v) is 7.53. The Labute approximate surface area is 131 Å². The second kappa shape index (κ2) is 6.52. The van der Waals surface area contributed by atoms with Crippen molar-refractivity contribution in [2.45, 2.75) is 0 Å². The number of aromatic nitrogens is 1. The van der Waals surface area contributed by atoms with Crippen LogP contribution >= 0.6 is 0 Å². The summed E-state index contributed by atoms with van der Waals surface area (Å²) in [5.41, 5.74) is 2.22. The molecule has 1 aromatic carbocycles. The van der Waals surface area contributed by atoms with Crippen LogP contribution in [0.25, 0.3) is 6.08 Å². The Morgan fingerprint density at radius 3 is 2.41 bits per heavy atom. The molecule has 0 unspecified atom stereocenters. The van der Waals surface area contributed by atoms with Crippen molar-refractivity contribution in [1.82, 2.24) is 4.98 Å². The molecule has 0 N–H and O–H groups in total. The third-order valence-corrected chi connectivity index (χ3v) is 4.04. The molecule has 1 aromatic heterocycles. The van der Waals surface area contributed by atoms with Gasteiger partial charge in [0.05, 0.1) is 12.8 Å². The Morgan fingerprint density at radius 1 is 1.05 bits per heavy atom. The number of piperazine rings is 1. The van der Waals surface area contributed by atoms with Crippen molar-refractivity contribution in [2.24, 2.45) is 0 Å². The maximum atomic E-state index is 5.46. The maximum Gasteiger partial charge on any atom is 0.142 e. The van der Waals surface area contributed by atoms with Crippen LogP contribution in [0.2, 0.25) is 0 Å². The summed E-state index contributed by atoms with van der Waals surface area (Å²) >= 11 is 0. The minimum absolute atomic E-state index is 0.935. The summed E-state index contributed by atoms with van der Waals surface area (Å²) in [4.78, 5) is 9.20. The van der Waals surface area contributed by atoms with Gasteiger partial charge >= 0.3 is 0 Å². The van der Waals surface area contributed by atoms with Gasteiger partial charge in [-0.3, -0.25) is 0 Å². The first-order chi connectivity index (χ1) is 10.8. The summed E-state index contributed by atoms with van der Waals surface area (Å²) in [6.45, 7) is 7.60. The number of anilines is 2. The van der Waals surface area contributed by atoms with Gasteiger partial charge < -0.3 is 14.5 Å². The molecule has 1 saturated heterocycles. The molecule has 0 spiro atoms. The molecule has 4 heteroatoms. The Morgan fingerprint density at radius 2 is 1.77 bits per heavy atom. The second-order valence-electron chi connectivity index (χ2n) is 5.30. The Kier molecular flexibility index (Phi) is 4.28. The van der Waals surface area contributed by atoms with E-state index < -0.39 is 0 Å². The van der Waals surface area contributed by atoms with Gasteiger partial charge in [-0.25, -0.2) is 4.98 Å². The zero-order valence-corrected chi connectivity index (χ0v) is 12.9. The fraction of sp³-hybridized carbons (Fsp3) is 0.278. The van der Waals surface area contributed by atoms with Gasteiger partial charge in [-0.2, -0.15) is 0 Å². The lowest BCUT2D eigenvalue weighted by molar-refractivity contribution is 0.413. The van der Waals surface area contributed by atoms with Crippen LogP contribution < -0.4 is 14.5 Å². The number of para-hydroxylation sites is 2. The first-order valence-electron chi connectivity index (χ1n) is 7.53. The lowest BCUT2D eigenvalue weighted by Crippen LogP contribution is -2.46. The highest BCUT2D eigenvalue weighted by Crippen LogP contribution is 2.28. The van der Waals surface area contributed by atoms with Crippen molar-refractivity contribution in [2.75, 3.05) is 43.1 Å². The van der Waals surface area contributed by atoms with Crippen LogP contribution in [-0.4, -0.2) is 38.3 Å². The molecule has 2 heterocycles. The number of hydrogen-bond donors (Lipinski definition) is 0. The molecule has 0 amide bonds. The van der Waals surface area contributed by atoms with E-state index in [4.69, 9.17) is 4.74 Å². The lowest BCUT2D eigenvalue weighted by Gasteiger charge is -2.37. The summed E-state index contributed by atoms with van der Waals surface area (Å²) in [6.07, 6.45) is 3.69. The van der Waals surface area contributed by atoms with Gasteiger partial charge in [-0.05, 0) is 29.8 Å². The summed E-state index contributed by atoms with van der Waals surface area (Å²) in [5, 5.41) is 0. The summed E-state index contributed by atoms with van der Waals surface area (Å²) in [6, 6.07) is 12.3. The van der Waals surface area contributed by atoms with Crippen molar-refractivity contribution in [3.8, 4) is 5.75 Å². The number of rotatable bonds is 4. The molecule has 0 atom stereocenters. The highest BCUT2D eigenvalue weighted by molar-refractivity contribution is 5.59. The third kappa shape index (κ3) is 2.91. The van der Waals surface area contributed by atoms with E-state index in [1.54, 1.807) is 7.11 Å². The molecular formula is C18H21N3O. The Balaban J connectivity index is 1.68. The molecule has 2 aromatic rings. The monoisotopic (exact) mass is 295 g/mol. The SMILES string of the molecule is C=Cc1ccc(N2CCN(c3ccccc3OC)CC2)nc1. The van der Waals surface area contributed by atoms with Gasteiger partial charge in [0.2, 0.25) is 0 Å². The molecule has 0 aliphatic carbocycles. The molecule has 22 heavy (non-hydrogen) atoms. The molecule has 0 radical (unpaired) electrons. The Hall–Kier alpha value is -2.49.